The molecule has 1 N–H and O–H groups in total. The van der Waals surface area contributed by atoms with Gasteiger partial charge >= 0.3 is 0 Å². The zero-order chi connectivity index (χ0) is 11.1. The first-order chi connectivity index (χ1) is 7.31. The van der Waals surface area contributed by atoms with Gasteiger partial charge in [0, 0.05) is 12.5 Å². The van der Waals surface area contributed by atoms with Gasteiger partial charge in [-0.2, -0.15) is 0 Å². The molecule has 1 fully saturated rings. The van der Waals surface area contributed by atoms with E-state index in [2.05, 4.69) is 31.1 Å². The average molecular weight is 207 g/mol. The summed E-state index contributed by atoms with van der Waals surface area (Å²) in [5.41, 5.74) is 0. The van der Waals surface area contributed by atoms with E-state index in [0.717, 1.165) is 18.3 Å². The molecule has 86 valence electrons. The van der Waals surface area contributed by atoms with E-state index in [-0.39, 0.29) is 0 Å². The van der Waals surface area contributed by atoms with E-state index in [9.17, 15) is 0 Å². The Bertz CT molecular complexity index is 223. The maximum Gasteiger partial charge on any atom is 0.0245 e. The molecule has 1 heteroatoms. The molecule has 3 unspecified atom stereocenters. The second-order valence-corrected chi connectivity index (χ2v) is 4.73. The zero-order valence-electron chi connectivity index (χ0n) is 10.5. The van der Waals surface area contributed by atoms with Crippen molar-refractivity contribution in [3.8, 4) is 11.8 Å². The molecule has 0 aliphatic heterocycles. The Morgan fingerprint density at radius 1 is 1.40 bits per heavy atom. The highest BCUT2D eigenvalue weighted by Gasteiger charge is 2.26. The van der Waals surface area contributed by atoms with Gasteiger partial charge in [-0.3, -0.25) is 0 Å². The monoisotopic (exact) mass is 207 g/mol. The van der Waals surface area contributed by atoms with Crippen LogP contribution in [-0.4, -0.2) is 13.1 Å². The third kappa shape index (κ3) is 3.87. The average Bonchev–Trinajstić information content (AvgIpc) is 2.30. The van der Waals surface area contributed by atoms with E-state index in [1.165, 1.54) is 32.1 Å². The van der Waals surface area contributed by atoms with Crippen molar-refractivity contribution >= 4 is 0 Å². The lowest BCUT2D eigenvalue weighted by atomic mass is 9.76. The lowest BCUT2D eigenvalue weighted by Gasteiger charge is -2.33. The van der Waals surface area contributed by atoms with Crippen LogP contribution in [0, 0.1) is 23.7 Å². The second-order valence-electron chi connectivity index (χ2n) is 4.73. The van der Waals surface area contributed by atoms with Gasteiger partial charge in [0.2, 0.25) is 0 Å². The molecule has 0 aromatic heterocycles. The Morgan fingerprint density at radius 3 is 2.80 bits per heavy atom. The Morgan fingerprint density at radius 2 is 2.20 bits per heavy atom. The summed E-state index contributed by atoms with van der Waals surface area (Å²) in [5, 5.41) is 3.45. The van der Waals surface area contributed by atoms with Crippen LogP contribution < -0.4 is 5.32 Å². The first-order valence-electron chi connectivity index (χ1n) is 6.38. The van der Waals surface area contributed by atoms with Crippen molar-refractivity contribution in [2.45, 2.75) is 58.4 Å². The van der Waals surface area contributed by atoms with E-state index < -0.39 is 0 Å². The largest absolute Gasteiger partial charge is 0.316 e. The van der Waals surface area contributed by atoms with Crippen LogP contribution in [0.5, 0.6) is 0 Å². The molecule has 0 heterocycles. The van der Waals surface area contributed by atoms with Crippen molar-refractivity contribution in [3.63, 3.8) is 0 Å². The van der Waals surface area contributed by atoms with Gasteiger partial charge in [0.15, 0.2) is 0 Å². The standard InChI is InChI=1S/C14H25N/c1-4-6-10-14(15-3)13-9-7-8-12(5-2)11-13/h12-15H,5,7-11H2,1-3H3. The molecular weight excluding hydrogens is 182 g/mol. The van der Waals surface area contributed by atoms with Crippen LogP contribution in [-0.2, 0) is 0 Å². The minimum atomic E-state index is 0.617. The molecule has 0 saturated heterocycles. The predicted molar refractivity (Wildman–Crippen MR) is 66.7 cm³/mol. The summed E-state index contributed by atoms with van der Waals surface area (Å²) in [6.45, 7) is 4.26. The molecule has 0 aromatic rings. The van der Waals surface area contributed by atoms with Crippen molar-refractivity contribution in [3.05, 3.63) is 0 Å². The molecule has 3 atom stereocenters. The highest BCUT2D eigenvalue weighted by Crippen LogP contribution is 2.33. The Kier molecular flexibility index (Phi) is 5.79. The molecule has 0 bridgehead atoms. The number of hydrogen-bond acceptors (Lipinski definition) is 1. The number of nitrogens with one attached hydrogen (secondary N) is 1. The smallest absolute Gasteiger partial charge is 0.0245 e. The first kappa shape index (κ1) is 12.6. The van der Waals surface area contributed by atoms with E-state index >= 15 is 0 Å². The van der Waals surface area contributed by atoms with Crippen LogP contribution in [0.2, 0.25) is 0 Å². The molecule has 1 aliphatic rings. The van der Waals surface area contributed by atoms with Crippen LogP contribution in [0.1, 0.15) is 52.4 Å². The maximum absolute atomic E-state index is 3.45. The summed E-state index contributed by atoms with van der Waals surface area (Å²) in [4.78, 5) is 0. The van der Waals surface area contributed by atoms with Crippen molar-refractivity contribution in [1.29, 1.82) is 0 Å². The minimum Gasteiger partial charge on any atom is -0.316 e. The zero-order valence-corrected chi connectivity index (χ0v) is 10.5. The van der Waals surface area contributed by atoms with E-state index in [1.807, 2.05) is 6.92 Å². The van der Waals surface area contributed by atoms with Gasteiger partial charge in [-0.05, 0) is 38.6 Å². The van der Waals surface area contributed by atoms with Crippen LogP contribution in [0.4, 0.5) is 0 Å². The molecule has 1 saturated carbocycles. The molecular formula is C14H25N. The normalized spacial score (nSPS) is 27.9. The summed E-state index contributed by atoms with van der Waals surface area (Å²) < 4.78 is 0. The fraction of sp³-hybridized carbons (Fsp3) is 0.857. The van der Waals surface area contributed by atoms with Crippen molar-refractivity contribution < 1.29 is 0 Å². The summed E-state index contributed by atoms with van der Waals surface area (Å²) in [6, 6.07) is 0.617. The van der Waals surface area contributed by atoms with Crippen LogP contribution in [0.25, 0.3) is 0 Å². The minimum absolute atomic E-state index is 0.617. The molecule has 0 spiro atoms. The van der Waals surface area contributed by atoms with Gasteiger partial charge in [-0.25, -0.2) is 0 Å². The Labute approximate surface area is 95.0 Å². The lowest BCUT2D eigenvalue weighted by molar-refractivity contribution is 0.215. The Hall–Kier alpha value is -0.480. The van der Waals surface area contributed by atoms with Gasteiger partial charge in [0.05, 0.1) is 0 Å². The van der Waals surface area contributed by atoms with E-state index in [1.54, 1.807) is 0 Å². The molecule has 0 radical (unpaired) electrons. The van der Waals surface area contributed by atoms with Crippen molar-refractivity contribution in [2.75, 3.05) is 7.05 Å². The van der Waals surface area contributed by atoms with E-state index in [0.29, 0.717) is 6.04 Å². The third-order valence-electron chi connectivity index (χ3n) is 3.84. The highest BCUT2D eigenvalue weighted by molar-refractivity contribution is 4.99. The van der Waals surface area contributed by atoms with Crippen LogP contribution in [0.15, 0.2) is 0 Å². The number of rotatable bonds is 4. The molecule has 15 heavy (non-hydrogen) atoms. The van der Waals surface area contributed by atoms with Gasteiger partial charge in [-0.1, -0.05) is 26.2 Å². The summed E-state index contributed by atoms with van der Waals surface area (Å²) in [7, 11) is 2.08. The van der Waals surface area contributed by atoms with Crippen molar-refractivity contribution in [1.82, 2.24) is 5.32 Å². The molecule has 0 amide bonds. The van der Waals surface area contributed by atoms with Gasteiger partial charge < -0.3 is 5.32 Å². The lowest BCUT2D eigenvalue weighted by Crippen LogP contribution is -2.36. The van der Waals surface area contributed by atoms with Crippen LogP contribution in [0.3, 0.4) is 0 Å². The van der Waals surface area contributed by atoms with Gasteiger partial charge in [-0.15, -0.1) is 11.8 Å². The molecule has 1 aliphatic carbocycles. The summed E-state index contributed by atoms with van der Waals surface area (Å²) >= 11 is 0. The second kappa shape index (κ2) is 6.90. The van der Waals surface area contributed by atoms with Gasteiger partial charge in [0.1, 0.15) is 0 Å². The summed E-state index contributed by atoms with van der Waals surface area (Å²) in [6.07, 6.45) is 8.05. The molecule has 0 aromatic carbocycles. The van der Waals surface area contributed by atoms with Crippen molar-refractivity contribution in [2.24, 2.45) is 11.8 Å². The molecule has 1 rings (SSSR count). The fourth-order valence-corrected chi connectivity index (χ4v) is 2.79. The quantitative estimate of drug-likeness (QED) is 0.698. The van der Waals surface area contributed by atoms with Gasteiger partial charge in [0.25, 0.3) is 0 Å². The third-order valence-corrected chi connectivity index (χ3v) is 3.84. The molecule has 1 nitrogen and oxygen atoms in total. The highest BCUT2D eigenvalue weighted by atomic mass is 14.9. The SMILES string of the molecule is CC#CCC(NC)C1CCCC(CC)C1. The fourth-order valence-electron chi connectivity index (χ4n) is 2.79. The first-order valence-corrected chi connectivity index (χ1v) is 6.38. The maximum atomic E-state index is 3.45. The summed E-state index contributed by atoms with van der Waals surface area (Å²) in [5.74, 6) is 8.05. The number of hydrogen-bond donors (Lipinski definition) is 1. The topological polar surface area (TPSA) is 12.0 Å². The van der Waals surface area contributed by atoms with Crippen LogP contribution >= 0.6 is 0 Å². The Balaban J connectivity index is 2.46. The predicted octanol–water partition coefficient (Wildman–Crippen LogP) is 3.20. The van der Waals surface area contributed by atoms with E-state index in [4.69, 9.17) is 0 Å².